The topological polar surface area (TPSA) is 74.2 Å². The summed E-state index contributed by atoms with van der Waals surface area (Å²) >= 11 is 0. The summed E-state index contributed by atoms with van der Waals surface area (Å²) in [5.41, 5.74) is 0.850. The van der Waals surface area contributed by atoms with Crippen LogP contribution in [0.5, 0.6) is 0 Å². The lowest BCUT2D eigenvalue weighted by molar-refractivity contribution is -0.591. The summed E-state index contributed by atoms with van der Waals surface area (Å²) in [7, 11) is 0. The summed E-state index contributed by atoms with van der Waals surface area (Å²) in [6.07, 6.45) is 0.0646. The van der Waals surface area contributed by atoms with E-state index in [-0.39, 0.29) is 19.6 Å². The van der Waals surface area contributed by atoms with E-state index in [4.69, 9.17) is 9.84 Å². The zero-order valence-corrected chi connectivity index (χ0v) is 9.00. The van der Waals surface area contributed by atoms with Gasteiger partial charge in [0.15, 0.2) is 0 Å². The van der Waals surface area contributed by atoms with Crippen LogP contribution in [0.1, 0.15) is 12.0 Å². The van der Waals surface area contributed by atoms with Crippen LogP contribution in [0, 0.1) is 0 Å². The van der Waals surface area contributed by atoms with Gasteiger partial charge in [-0.25, -0.2) is 9.68 Å². The van der Waals surface area contributed by atoms with Crippen molar-refractivity contribution >= 4 is 5.97 Å². The van der Waals surface area contributed by atoms with Crippen LogP contribution in [0.3, 0.4) is 0 Å². The van der Waals surface area contributed by atoms with Crippen LogP contribution in [0.2, 0.25) is 0 Å². The molecular weight excluding hydrogens is 228 g/mol. The average Bonchev–Trinajstić information content (AvgIpc) is 2.38. The van der Waals surface area contributed by atoms with Gasteiger partial charge in [0.1, 0.15) is 0 Å². The van der Waals surface area contributed by atoms with Crippen molar-refractivity contribution in [3.05, 3.63) is 35.9 Å². The molecule has 0 aliphatic carbocycles. The molecule has 0 radical (unpaired) electrons. The third-order valence-corrected chi connectivity index (χ3v) is 2.37. The van der Waals surface area contributed by atoms with Gasteiger partial charge in [-0.1, -0.05) is 35.4 Å². The number of carboxylic acids is 1. The summed E-state index contributed by atoms with van der Waals surface area (Å²) in [6.45, 7) is 0.220. The number of carboxylic acid groups (broad SMARTS) is 1. The maximum absolute atomic E-state index is 11.1. The Morgan fingerprint density at radius 1 is 1.41 bits per heavy atom. The number of ether oxygens (including phenoxy) is 1. The molecule has 1 aromatic carbocycles. The zero-order valence-electron chi connectivity index (χ0n) is 9.00. The number of aliphatic carboxylic acids is 1. The minimum Gasteiger partial charge on any atom is -0.477 e. The monoisotopic (exact) mass is 240 g/mol. The van der Waals surface area contributed by atoms with Gasteiger partial charge in [0.05, 0.1) is 13.2 Å². The highest BCUT2D eigenvalue weighted by molar-refractivity contribution is 5.75. The van der Waals surface area contributed by atoms with Crippen LogP contribution in [-0.4, -0.2) is 23.5 Å². The van der Waals surface area contributed by atoms with Crippen molar-refractivity contribution in [2.75, 3.05) is 6.61 Å². The van der Waals surface area contributed by atoms with Gasteiger partial charge in [-0.05, 0) is 5.56 Å². The maximum atomic E-state index is 11.1. The summed E-state index contributed by atoms with van der Waals surface area (Å²) in [5, 5.41) is 13.3. The van der Waals surface area contributed by atoms with Gasteiger partial charge in [0, 0.05) is 6.42 Å². The minimum atomic E-state index is -1.80. The molecule has 1 atom stereocenters. The van der Waals surface area contributed by atoms with Crippen LogP contribution in [0.4, 0.5) is 0 Å². The average molecular weight is 240 g/mol. The summed E-state index contributed by atoms with van der Waals surface area (Å²) in [4.78, 5) is 20.2. The molecular formula is C11H12O6. The van der Waals surface area contributed by atoms with Gasteiger partial charge in [-0.3, -0.25) is 0 Å². The molecule has 1 saturated heterocycles. The first kappa shape index (κ1) is 12.0. The van der Waals surface area contributed by atoms with Crippen molar-refractivity contribution in [2.24, 2.45) is 0 Å². The van der Waals surface area contributed by atoms with Gasteiger partial charge < -0.3 is 9.84 Å². The van der Waals surface area contributed by atoms with Crippen molar-refractivity contribution in [3.63, 3.8) is 0 Å². The van der Waals surface area contributed by atoms with E-state index in [1.807, 2.05) is 30.3 Å². The third-order valence-electron chi connectivity index (χ3n) is 2.37. The maximum Gasteiger partial charge on any atom is 0.367 e. The standard InChI is InChI=1S/C11H12O6/c12-10(13)11(6-7-15-17-16-11)14-8-9-4-2-1-3-5-9/h1-5H,6-8H2,(H,12,13). The highest BCUT2D eigenvalue weighted by Gasteiger charge is 2.45. The predicted molar refractivity (Wildman–Crippen MR) is 54.3 cm³/mol. The molecule has 0 aromatic heterocycles. The van der Waals surface area contributed by atoms with E-state index in [9.17, 15) is 4.79 Å². The molecule has 92 valence electrons. The molecule has 1 heterocycles. The quantitative estimate of drug-likeness (QED) is 0.799. The molecule has 1 N–H and O–H groups in total. The fraction of sp³-hybridized carbons (Fsp3) is 0.364. The summed E-state index contributed by atoms with van der Waals surface area (Å²) < 4.78 is 5.29. The van der Waals surface area contributed by atoms with Gasteiger partial charge in [-0.15, -0.1) is 0 Å². The first-order chi connectivity index (χ1) is 8.23. The number of hydrogen-bond donors (Lipinski definition) is 1. The van der Waals surface area contributed by atoms with E-state index < -0.39 is 11.8 Å². The van der Waals surface area contributed by atoms with Crippen molar-refractivity contribution in [1.29, 1.82) is 0 Å². The van der Waals surface area contributed by atoms with Gasteiger partial charge in [0.2, 0.25) is 0 Å². The summed E-state index contributed by atoms with van der Waals surface area (Å²) in [6, 6.07) is 9.21. The molecule has 2 rings (SSSR count). The van der Waals surface area contributed by atoms with Crippen molar-refractivity contribution in [1.82, 2.24) is 0 Å². The lowest BCUT2D eigenvalue weighted by atomic mass is 10.2. The number of carbonyl (C=O) groups is 1. The minimum absolute atomic E-state index is 0.0646. The van der Waals surface area contributed by atoms with Crippen molar-refractivity contribution in [3.8, 4) is 0 Å². The molecule has 1 aliphatic rings. The molecule has 0 amide bonds. The van der Waals surface area contributed by atoms with E-state index >= 15 is 0 Å². The molecule has 1 aliphatic heterocycles. The second-order valence-electron chi connectivity index (χ2n) is 3.56. The Balaban J connectivity index is 2.01. The van der Waals surface area contributed by atoms with Crippen LogP contribution in [-0.2, 0) is 31.0 Å². The Kier molecular flexibility index (Phi) is 3.70. The Labute approximate surface area is 97.5 Å². The SMILES string of the molecule is O=C(O)C1(OCc2ccccc2)CCOOO1. The molecule has 1 unspecified atom stereocenters. The molecule has 0 bridgehead atoms. The fourth-order valence-electron chi connectivity index (χ4n) is 1.41. The van der Waals surface area contributed by atoms with Gasteiger partial charge in [0.25, 0.3) is 0 Å². The second-order valence-corrected chi connectivity index (χ2v) is 3.56. The zero-order chi connectivity index (χ0) is 12.1. The number of benzene rings is 1. The first-order valence-electron chi connectivity index (χ1n) is 5.11. The molecule has 0 saturated carbocycles. The smallest absolute Gasteiger partial charge is 0.367 e. The predicted octanol–water partition coefficient (Wildman–Crippen LogP) is 1.27. The molecule has 6 heteroatoms. The van der Waals surface area contributed by atoms with Crippen LogP contribution in [0.25, 0.3) is 0 Å². The third kappa shape index (κ3) is 2.80. The van der Waals surface area contributed by atoms with Crippen molar-refractivity contribution < 1.29 is 29.5 Å². The first-order valence-corrected chi connectivity index (χ1v) is 5.11. The molecule has 1 aromatic rings. The Hall–Kier alpha value is -1.47. The van der Waals surface area contributed by atoms with Crippen molar-refractivity contribution in [2.45, 2.75) is 18.8 Å². The Morgan fingerprint density at radius 2 is 2.18 bits per heavy atom. The van der Waals surface area contributed by atoms with E-state index in [1.165, 1.54) is 0 Å². The van der Waals surface area contributed by atoms with E-state index in [2.05, 4.69) is 14.8 Å². The number of rotatable bonds is 4. The molecule has 6 nitrogen and oxygen atoms in total. The summed E-state index contributed by atoms with van der Waals surface area (Å²) in [5.74, 6) is -3.04. The van der Waals surface area contributed by atoms with E-state index in [1.54, 1.807) is 0 Å². The van der Waals surface area contributed by atoms with Crippen LogP contribution in [0.15, 0.2) is 30.3 Å². The Bertz CT molecular complexity index is 371. The second kappa shape index (κ2) is 5.24. The van der Waals surface area contributed by atoms with Crippen LogP contribution < -0.4 is 0 Å². The lowest BCUT2D eigenvalue weighted by Gasteiger charge is -2.29. The molecule has 0 spiro atoms. The largest absolute Gasteiger partial charge is 0.477 e. The Morgan fingerprint density at radius 3 is 2.76 bits per heavy atom. The van der Waals surface area contributed by atoms with Crippen LogP contribution >= 0.6 is 0 Å². The highest BCUT2D eigenvalue weighted by atomic mass is 17.5. The normalized spacial score (nSPS) is 24.5. The van der Waals surface area contributed by atoms with Gasteiger partial charge >= 0.3 is 11.8 Å². The van der Waals surface area contributed by atoms with Gasteiger partial charge in [-0.2, -0.15) is 4.89 Å². The fourth-order valence-corrected chi connectivity index (χ4v) is 1.41. The highest BCUT2D eigenvalue weighted by Crippen LogP contribution is 2.25. The molecule has 1 fully saturated rings. The van der Waals surface area contributed by atoms with E-state index in [0.29, 0.717) is 0 Å². The van der Waals surface area contributed by atoms with E-state index in [0.717, 1.165) is 5.56 Å². The number of hydrogen-bond acceptors (Lipinski definition) is 5. The molecule has 17 heavy (non-hydrogen) atoms. The lowest BCUT2D eigenvalue weighted by Crippen LogP contribution is -2.47.